The fourth-order valence-electron chi connectivity index (χ4n) is 4.11. The van der Waals surface area contributed by atoms with Gasteiger partial charge in [-0.2, -0.15) is 0 Å². The van der Waals surface area contributed by atoms with E-state index in [2.05, 4.69) is 26.2 Å². The molecule has 0 amide bonds. The summed E-state index contributed by atoms with van der Waals surface area (Å²) in [4.78, 5) is 29.9. The average Bonchev–Trinajstić information content (AvgIpc) is 3.15. The molecule has 1 aliphatic rings. The predicted octanol–water partition coefficient (Wildman–Crippen LogP) is 5.56. The summed E-state index contributed by atoms with van der Waals surface area (Å²) in [6.45, 7) is 12.1. The fraction of sp³-hybridized carbons (Fsp3) is 0.440. The van der Waals surface area contributed by atoms with Crippen LogP contribution in [0.3, 0.4) is 0 Å². The minimum Gasteiger partial charge on any atom is -0.463 e. The SMILES string of the molecule is CCOC(=O)C1=C(C(C)C)NC(C(C)C)=C(C(=O)OCC)C1c1cc2ccc(Br)cc2[nH]1. The summed E-state index contributed by atoms with van der Waals surface area (Å²) < 4.78 is 11.9. The van der Waals surface area contributed by atoms with Crippen LogP contribution in [0.5, 0.6) is 0 Å². The van der Waals surface area contributed by atoms with E-state index in [1.807, 2.05) is 52.0 Å². The third-order valence-corrected chi connectivity index (χ3v) is 5.98. The number of carbonyl (C=O) groups excluding carboxylic acids is 2. The predicted molar refractivity (Wildman–Crippen MR) is 129 cm³/mol. The zero-order valence-corrected chi connectivity index (χ0v) is 21.1. The average molecular weight is 503 g/mol. The lowest BCUT2D eigenvalue weighted by Gasteiger charge is -2.34. The van der Waals surface area contributed by atoms with E-state index in [1.165, 1.54) is 0 Å². The normalized spacial score (nSPS) is 15.0. The molecule has 0 saturated heterocycles. The molecule has 0 atom stereocenters. The van der Waals surface area contributed by atoms with Gasteiger partial charge in [-0.1, -0.05) is 49.7 Å². The van der Waals surface area contributed by atoms with Crippen molar-refractivity contribution in [1.82, 2.24) is 10.3 Å². The molecule has 0 aliphatic carbocycles. The molecule has 0 spiro atoms. The molecule has 7 heteroatoms. The minimum atomic E-state index is -0.629. The quantitative estimate of drug-likeness (QED) is 0.484. The standard InChI is InChI=1S/C25H31BrN2O4/c1-7-31-24(29)20-19(18-11-15-9-10-16(26)12-17(15)27-18)21(25(30)32-8-2)23(14(5)6)28-22(20)13(3)4/h9-14,19,27-28H,7-8H2,1-6H3. The molecule has 6 nitrogen and oxygen atoms in total. The van der Waals surface area contributed by atoms with Crippen molar-refractivity contribution in [2.75, 3.05) is 13.2 Å². The van der Waals surface area contributed by atoms with Gasteiger partial charge in [0.05, 0.1) is 30.3 Å². The van der Waals surface area contributed by atoms with Crippen LogP contribution in [0.15, 0.2) is 51.3 Å². The zero-order valence-electron chi connectivity index (χ0n) is 19.5. The first-order valence-corrected chi connectivity index (χ1v) is 11.9. The Bertz CT molecular complexity index is 1050. The highest BCUT2D eigenvalue weighted by Gasteiger charge is 2.41. The first-order chi connectivity index (χ1) is 15.2. The molecule has 0 saturated carbocycles. The van der Waals surface area contributed by atoms with Crippen molar-refractivity contribution in [1.29, 1.82) is 0 Å². The van der Waals surface area contributed by atoms with Gasteiger partial charge in [0.2, 0.25) is 0 Å². The molecule has 1 aliphatic heterocycles. The van der Waals surface area contributed by atoms with Crippen LogP contribution < -0.4 is 5.32 Å². The number of aromatic amines is 1. The Kier molecular flexibility index (Phi) is 7.49. The highest BCUT2D eigenvalue weighted by atomic mass is 79.9. The van der Waals surface area contributed by atoms with Crippen molar-refractivity contribution in [2.45, 2.75) is 47.5 Å². The number of aromatic nitrogens is 1. The van der Waals surface area contributed by atoms with Crippen LogP contribution in [0.25, 0.3) is 10.9 Å². The third kappa shape index (κ3) is 4.63. The van der Waals surface area contributed by atoms with Crippen LogP contribution in [-0.2, 0) is 19.1 Å². The molecular weight excluding hydrogens is 472 g/mol. The molecule has 0 fully saturated rings. The lowest BCUT2D eigenvalue weighted by atomic mass is 9.79. The van der Waals surface area contributed by atoms with Crippen molar-refractivity contribution in [2.24, 2.45) is 11.8 Å². The first-order valence-electron chi connectivity index (χ1n) is 11.1. The summed E-state index contributed by atoms with van der Waals surface area (Å²) in [6.07, 6.45) is 0. The van der Waals surface area contributed by atoms with Gasteiger partial charge in [-0.05, 0) is 49.3 Å². The monoisotopic (exact) mass is 502 g/mol. The molecular formula is C25H31BrN2O4. The number of carbonyl (C=O) groups is 2. The van der Waals surface area contributed by atoms with E-state index < -0.39 is 17.9 Å². The van der Waals surface area contributed by atoms with Gasteiger partial charge in [-0.3, -0.25) is 0 Å². The van der Waals surface area contributed by atoms with Crippen LogP contribution in [0.4, 0.5) is 0 Å². The van der Waals surface area contributed by atoms with E-state index in [9.17, 15) is 9.59 Å². The lowest BCUT2D eigenvalue weighted by molar-refractivity contribution is -0.139. The summed E-state index contributed by atoms with van der Waals surface area (Å²) in [6, 6.07) is 7.93. The largest absolute Gasteiger partial charge is 0.463 e. The van der Waals surface area contributed by atoms with Gasteiger partial charge in [0, 0.05) is 27.1 Å². The van der Waals surface area contributed by atoms with E-state index in [0.717, 1.165) is 32.5 Å². The van der Waals surface area contributed by atoms with E-state index >= 15 is 0 Å². The molecule has 0 bridgehead atoms. The number of rotatable bonds is 7. The van der Waals surface area contributed by atoms with Crippen LogP contribution >= 0.6 is 15.9 Å². The molecule has 2 N–H and O–H groups in total. The number of benzene rings is 1. The Morgan fingerprint density at radius 3 is 1.94 bits per heavy atom. The molecule has 3 rings (SSSR count). The highest BCUT2D eigenvalue weighted by Crippen LogP contribution is 2.43. The van der Waals surface area contributed by atoms with E-state index in [-0.39, 0.29) is 25.0 Å². The second-order valence-corrected chi connectivity index (χ2v) is 9.33. The maximum Gasteiger partial charge on any atom is 0.336 e. The lowest BCUT2D eigenvalue weighted by Crippen LogP contribution is -2.37. The number of hydrogen-bond donors (Lipinski definition) is 2. The maximum absolute atomic E-state index is 13.3. The summed E-state index contributed by atoms with van der Waals surface area (Å²) >= 11 is 3.51. The number of esters is 2. The van der Waals surface area contributed by atoms with Crippen molar-refractivity contribution in [3.05, 3.63) is 57.0 Å². The summed E-state index contributed by atoms with van der Waals surface area (Å²) in [7, 11) is 0. The molecule has 172 valence electrons. The van der Waals surface area contributed by atoms with Gasteiger partial charge >= 0.3 is 11.9 Å². The van der Waals surface area contributed by atoms with Crippen molar-refractivity contribution < 1.29 is 19.1 Å². The Balaban J connectivity index is 2.34. The van der Waals surface area contributed by atoms with Gasteiger partial charge in [-0.25, -0.2) is 9.59 Å². The third-order valence-electron chi connectivity index (χ3n) is 5.49. The highest BCUT2D eigenvalue weighted by molar-refractivity contribution is 9.10. The molecule has 2 heterocycles. The van der Waals surface area contributed by atoms with Gasteiger partial charge < -0.3 is 19.8 Å². The van der Waals surface area contributed by atoms with E-state index in [0.29, 0.717) is 11.1 Å². The van der Waals surface area contributed by atoms with Crippen LogP contribution in [0.1, 0.15) is 53.2 Å². The second-order valence-electron chi connectivity index (χ2n) is 8.42. The molecule has 1 aromatic carbocycles. The van der Waals surface area contributed by atoms with Crippen LogP contribution in [0.2, 0.25) is 0 Å². The fourth-order valence-corrected chi connectivity index (χ4v) is 4.47. The van der Waals surface area contributed by atoms with E-state index in [1.54, 1.807) is 13.8 Å². The molecule has 0 unspecified atom stereocenters. The minimum absolute atomic E-state index is 0.0212. The Labute approximate surface area is 197 Å². The number of hydrogen-bond acceptors (Lipinski definition) is 5. The number of ether oxygens (including phenoxy) is 2. The van der Waals surface area contributed by atoms with Gasteiger partial charge in [0.1, 0.15) is 0 Å². The van der Waals surface area contributed by atoms with Crippen LogP contribution in [-0.4, -0.2) is 30.1 Å². The van der Waals surface area contributed by atoms with Gasteiger partial charge in [0.15, 0.2) is 0 Å². The Morgan fingerprint density at radius 1 is 0.938 bits per heavy atom. The smallest absolute Gasteiger partial charge is 0.336 e. The molecule has 2 aromatic rings. The number of H-pyrrole nitrogens is 1. The summed E-state index contributed by atoms with van der Waals surface area (Å²) in [5, 5.41) is 4.40. The van der Waals surface area contributed by atoms with Gasteiger partial charge in [-0.15, -0.1) is 0 Å². The maximum atomic E-state index is 13.3. The van der Waals surface area contributed by atoms with E-state index in [4.69, 9.17) is 9.47 Å². The Hall–Kier alpha value is -2.54. The van der Waals surface area contributed by atoms with Crippen molar-refractivity contribution in [3.63, 3.8) is 0 Å². The Morgan fingerprint density at radius 2 is 1.47 bits per heavy atom. The van der Waals surface area contributed by atoms with Gasteiger partial charge in [0.25, 0.3) is 0 Å². The number of dihydropyridines is 1. The molecule has 1 aromatic heterocycles. The number of halogens is 1. The number of allylic oxidation sites excluding steroid dienone is 2. The van der Waals surface area contributed by atoms with Crippen molar-refractivity contribution >= 4 is 38.8 Å². The molecule has 0 radical (unpaired) electrons. The summed E-state index contributed by atoms with van der Waals surface area (Å²) in [5.41, 5.74) is 4.09. The van der Waals surface area contributed by atoms with Crippen molar-refractivity contribution in [3.8, 4) is 0 Å². The number of nitrogens with one attached hydrogen (secondary N) is 2. The summed E-state index contributed by atoms with van der Waals surface area (Å²) in [5.74, 6) is -1.45. The van der Waals surface area contributed by atoms with Crippen LogP contribution in [0, 0.1) is 11.8 Å². The zero-order chi connectivity index (χ0) is 23.6. The molecule has 32 heavy (non-hydrogen) atoms. The second kappa shape index (κ2) is 9.94. The number of fused-ring (bicyclic) bond motifs is 1. The first kappa shape index (κ1) is 24.1. The topological polar surface area (TPSA) is 80.4 Å².